The molecule has 1 amide bonds. The van der Waals surface area contributed by atoms with E-state index in [1.165, 1.54) is 18.2 Å². The first-order valence-electron chi connectivity index (χ1n) is 7.00. The van der Waals surface area contributed by atoms with E-state index in [1.54, 1.807) is 33.0 Å². The second-order valence-corrected chi connectivity index (χ2v) is 8.23. The number of hydrogen-bond donors (Lipinski definition) is 1. The Morgan fingerprint density at radius 1 is 1.17 bits per heavy atom. The van der Waals surface area contributed by atoms with Crippen LogP contribution in [0.4, 0.5) is 18.9 Å². The fraction of sp³-hybridized carbons (Fsp3) is 0.500. The van der Waals surface area contributed by atoms with E-state index in [2.05, 4.69) is 15.9 Å². The first kappa shape index (κ1) is 21.2. The van der Waals surface area contributed by atoms with Gasteiger partial charge in [0.25, 0.3) is 0 Å². The Balaban J connectivity index is 3.39. The lowest BCUT2D eigenvalue weighted by Gasteiger charge is -2.25. The van der Waals surface area contributed by atoms with Crippen molar-refractivity contribution in [1.82, 2.24) is 0 Å². The predicted molar refractivity (Wildman–Crippen MR) is 88.5 cm³/mol. The van der Waals surface area contributed by atoms with Gasteiger partial charge in [0.15, 0.2) is 0 Å². The van der Waals surface area contributed by atoms with Crippen molar-refractivity contribution in [3.63, 3.8) is 0 Å². The average molecular weight is 432 g/mol. The molecular weight excluding hydrogens is 414 g/mol. The number of carbonyl (C=O) groups excluding carboxylic acids is 1. The fourth-order valence-corrected chi connectivity index (χ4v) is 4.37. The zero-order chi connectivity index (χ0) is 18.7. The Bertz CT molecular complexity index is 635. The Morgan fingerprint density at radius 3 is 2.08 bits per heavy atom. The summed E-state index contributed by atoms with van der Waals surface area (Å²) in [6.07, 6.45) is -6.11. The van der Waals surface area contributed by atoms with Crippen LogP contribution in [0.3, 0.4) is 0 Å². The number of alkyl halides is 3. The third kappa shape index (κ3) is 5.88. The molecule has 0 aromatic heterocycles. The summed E-state index contributed by atoms with van der Waals surface area (Å²) in [5, 5.41) is 1.56. The molecule has 5 nitrogen and oxygen atoms in total. The van der Waals surface area contributed by atoms with Gasteiger partial charge in [0, 0.05) is 4.47 Å². The third-order valence-electron chi connectivity index (χ3n) is 2.46. The molecule has 0 fully saturated rings. The summed E-state index contributed by atoms with van der Waals surface area (Å²) in [5.41, 5.74) is -0.287. The van der Waals surface area contributed by atoms with E-state index >= 15 is 0 Å². The van der Waals surface area contributed by atoms with E-state index in [0.29, 0.717) is 4.47 Å². The minimum absolute atomic E-state index is 0.156. The van der Waals surface area contributed by atoms with E-state index in [9.17, 15) is 22.5 Å². The minimum atomic E-state index is -5.08. The highest BCUT2D eigenvalue weighted by molar-refractivity contribution is 9.10. The topological polar surface area (TPSA) is 64.6 Å². The van der Waals surface area contributed by atoms with Gasteiger partial charge in [0.05, 0.1) is 23.2 Å². The molecule has 1 aromatic carbocycles. The highest BCUT2D eigenvalue weighted by Gasteiger charge is 2.40. The standard InChI is InChI=1S/C14H18BrF3NO4P/c1-8(2)22-24(21,23-9(3)4)12-7-10(15)5-6-11(12)19-13(20)14(16,17)18/h5-9H,1-4H3,(H,19,20). The molecule has 0 saturated carbocycles. The molecule has 0 aliphatic carbocycles. The Labute approximate surface area is 146 Å². The van der Waals surface area contributed by atoms with Crippen molar-refractivity contribution in [3.8, 4) is 0 Å². The van der Waals surface area contributed by atoms with Gasteiger partial charge in [-0.15, -0.1) is 0 Å². The Kier molecular flexibility index (Phi) is 7.04. The van der Waals surface area contributed by atoms with Crippen LogP contribution in [-0.2, 0) is 18.4 Å². The fourth-order valence-electron chi connectivity index (χ4n) is 1.72. The van der Waals surface area contributed by atoms with Crippen molar-refractivity contribution >= 4 is 40.4 Å². The zero-order valence-corrected chi connectivity index (χ0v) is 16.0. The van der Waals surface area contributed by atoms with Gasteiger partial charge in [-0.2, -0.15) is 13.2 Å². The lowest BCUT2D eigenvalue weighted by Crippen LogP contribution is -2.32. The number of rotatable bonds is 6. The number of amides is 1. The molecule has 0 spiro atoms. The van der Waals surface area contributed by atoms with Crippen LogP contribution in [0.25, 0.3) is 0 Å². The van der Waals surface area contributed by atoms with Gasteiger partial charge in [0.2, 0.25) is 0 Å². The quantitative estimate of drug-likeness (QED) is 0.667. The molecule has 1 aromatic rings. The zero-order valence-electron chi connectivity index (χ0n) is 13.5. The van der Waals surface area contributed by atoms with E-state index in [4.69, 9.17) is 9.05 Å². The number of anilines is 1. The smallest absolute Gasteiger partial charge is 0.317 e. The van der Waals surface area contributed by atoms with Crippen LogP contribution >= 0.6 is 23.5 Å². The summed E-state index contributed by atoms with van der Waals surface area (Å²) in [6, 6.07) is 3.91. The SMILES string of the molecule is CC(C)OP(=O)(OC(C)C)c1cc(Br)ccc1NC(=O)C(F)(F)F. The second-order valence-electron chi connectivity index (χ2n) is 5.42. The van der Waals surface area contributed by atoms with Gasteiger partial charge in [-0.05, 0) is 45.9 Å². The van der Waals surface area contributed by atoms with Crippen molar-refractivity contribution in [2.45, 2.75) is 46.1 Å². The molecule has 0 radical (unpaired) electrons. The highest BCUT2D eigenvalue weighted by atomic mass is 79.9. The first-order valence-corrected chi connectivity index (χ1v) is 9.34. The van der Waals surface area contributed by atoms with Crippen LogP contribution < -0.4 is 10.6 Å². The van der Waals surface area contributed by atoms with Gasteiger partial charge in [-0.3, -0.25) is 9.36 Å². The van der Waals surface area contributed by atoms with Gasteiger partial charge >= 0.3 is 19.7 Å². The van der Waals surface area contributed by atoms with Gasteiger partial charge < -0.3 is 14.4 Å². The first-order chi connectivity index (χ1) is 10.8. The molecule has 0 unspecified atom stereocenters. The maximum atomic E-state index is 13.1. The van der Waals surface area contributed by atoms with Crippen LogP contribution in [-0.4, -0.2) is 24.3 Å². The summed E-state index contributed by atoms with van der Waals surface area (Å²) in [6.45, 7) is 6.45. The van der Waals surface area contributed by atoms with Crippen molar-refractivity contribution in [1.29, 1.82) is 0 Å². The molecule has 1 N–H and O–H groups in total. The van der Waals surface area contributed by atoms with Crippen LogP contribution in [0.2, 0.25) is 0 Å². The van der Waals surface area contributed by atoms with E-state index < -0.39 is 31.9 Å². The predicted octanol–water partition coefficient (Wildman–Crippen LogP) is 4.62. The molecule has 136 valence electrons. The average Bonchev–Trinajstić information content (AvgIpc) is 2.37. The summed E-state index contributed by atoms with van der Waals surface area (Å²) in [7, 11) is -3.97. The van der Waals surface area contributed by atoms with E-state index in [1.807, 2.05) is 0 Å². The van der Waals surface area contributed by atoms with Crippen molar-refractivity contribution in [2.75, 3.05) is 5.32 Å². The number of benzene rings is 1. The third-order valence-corrected chi connectivity index (χ3v) is 5.31. The normalized spacial score (nSPS) is 12.8. The van der Waals surface area contributed by atoms with E-state index in [-0.39, 0.29) is 11.0 Å². The lowest BCUT2D eigenvalue weighted by molar-refractivity contribution is -0.167. The summed E-state index contributed by atoms with van der Waals surface area (Å²) in [4.78, 5) is 11.2. The number of hydrogen-bond acceptors (Lipinski definition) is 4. The van der Waals surface area contributed by atoms with Gasteiger partial charge in [0.1, 0.15) is 0 Å². The van der Waals surface area contributed by atoms with Crippen molar-refractivity contribution in [3.05, 3.63) is 22.7 Å². The summed E-state index contributed by atoms with van der Waals surface area (Å²) >= 11 is 3.16. The number of nitrogens with one attached hydrogen (secondary N) is 1. The Morgan fingerprint density at radius 2 is 1.67 bits per heavy atom. The van der Waals surface area contributed by atoms with Gasteiger partial charge in [-0.1, -0.05) is 15.9 Å². The molecule has 0 atom stereocenters. The minimum Gasteiger partial charge on any atom is -0.317 e. The molecule has 0 bridgehead atoms. The lowest BCUT2D eigenvalue weighted by atomic mass is 10.3. The molecular formula is C14H18BrF3NO4P. The maximum Gasteiger partial charge on any atom is 0.471 e. The maximum absolute atomic E-state index is 13.1. The van der Waals surface area contributed by atoms with Crippen molar-refractivity contribution < 1.29 is 31.6 Å². The molecule has 0 heterocycles. The molecule has 0 aliphatic heterocycles. The number of carbonyl (C=O) groups is 1. The molecule has 0 aliphatic rings. The monoisotopic (exact) mass is 431 g/mol. The molecule has 0 saturated heterocycles. The van der Waals surface area contributed by atoms with E-state index in [0.717, 1.165) is 0 Å². The number of halogens is 4. The molecule has 10 heteroatoms. The Hall–Kier alpha value is -0.890. The van der Waals surface area contributed by atoms with Crippen LogP contribution in [0, 0.1) is 0 Å². The van der Waals surface area contributed by atoms with Crippen LogP contribution in [0.15, 0.2) is 22.7 Å². The largest absolute Gasteiger partial charge is 0.471 e. The summed E-state index contributed by atoms with van der Waals surface area (Å²) in [5.74, 6) is -2.17. The van der Waals surface area contributed by atoms with Crippen LogP contribution in [0.1, 0.15) is 27.7 Å². The second kappa shape index (κ2) is 7.99. The molecule has 24 heavy (non-hydrogen) atoms. The van der Waals surface area contributed by atoms with Crippen LogP contribution in [0.5, 0.6) is 0 Å². The van der Waals surface area contributed by atoms with Crippen molar-refractivity contribution in [2.24, 2.45) is 0 Å². The highest BCUT2D eigenvalue weighted by Crippen LogP contribution is 2.51. The summed E-state index contributed by atoms with van der Waals surface area (Å²) < 4.78 is 61.9. The van der Waals surface area contributed by atoms with Gasteiger partial charge in [-0.25, -0.2) is 0 Å². The molecule has 1 rings (SSSR count).